The maximum Gasteiger partial charge on any atom is 0.313 e. The second kappa shape index (κ2) is 6.37. The minimum atomic E-state index is -0.888. The number of aryl methyl sites for hydroxylation is 1. The molecular formula is C9H16N4O2S. The van der Waals surface area contributed by atoms with E-state index < -0.39 is 5.97 Å². The zero-order valence-electron chi connectivity index (χ0n) is 9.22. The fraction of sp³-hybridized carbons (Fsp3) is 0.667. The number of thioether (sulfide) groups is 1. The Bertz CT molecular complexity index is 353. The summed E-state index contributed by atoms with van der Waals surface area (Å²) in [5.74, 6) is 5.52. The number of rotatable bonds is 7. The number of unbranched alkanes of at least 4 members (excludes halogenated alkanes) is 2. The topological polar surface area (TPSA) is 94.0 Å². The van der Waals surface area contributed by atoms with Gasteiger partial charge in [-0.15, -0.1) is 10.2 Å². The summed E-state index contributed by atoms with van der Waals surface area (Å²) in [4.78, 5) is 10.4. The van der Waals surface area contributed by atoms with Crippen LogP contribution in [0.25, 0.3) is 0 Å². The van der Waals surface area contributed by atoms with Crippen molar-refractivity contribution in [2.75, 3.05) is 11.6 Å². The summed E-state index contributed by atoms with van der Waals surface area (Å²) in [5, 5.41) is 16.8. The summed E-state index contributed by atoms with van der Waals surface area (Å²) >= 11 is 1.08. The quantitative estimate of drug-likeness (QED) is 0.420. The lowest BCUT2D eigenvalue weighted by molar-refractivity contribution is -0.133. The van der Waals surface area contributed by atoms with E-state index in [2.05, 4.69) is 17.1 Å². The van der Waals surface area contributed by atoms with Gasteiger partial charge in [-0.05, 0) is 6.42 Å². The molecule has 3 N–H and O–H groups in total. The molecule has 0 saturated heterocycles. The molecule has 7 heteroatoms. The van der Waals surface area contributed by atoms with Crippen LogP contribution in [0.1, 0.15) is 32.0 Å². The average Bonchev–Trinajstić information content (AvgIpc) is 2.58. The molecule has 16 heavy (non-hydrogen) atoms. The van der Waals surface area contributed by atoms with Crippen molar-refractivity contribution >= 4 is 17.7 Å². The van der Waals surface area contributed by atoms with Crippen LogP contribution in [-0.4, -0.2) is 31.7 Å². The number of carbonyl (C=O) groups is 1. The molecule has 0 aromatic carbocycles. The number of carboxylic acid groups (broad SMARTS) is 1. The Labute approximate surface area is 98.2 Å². The van der Waals surface area contributed by atoms with Crippen molar-refractivity contribution in [2.45, 2.75) is 37.8 Å². The van der Waals surface area contributed by atoms with E-state index in [1.165, 1.54) is 4.68 Å². The van der Waals surface area contributed by atoms with Crippen molar-refractivity contribution in [1.82, 2.24) is 14.9 Å². The summed E-state index contributed by atoms with van der Waals surface area (Å²) in [6.45, 7) is 2.13. The summed E-state index contributed by atoms with van der Waals surface area (Å²) in [6, 6.07) is 0. The summed E-state index contributed by atoms with van der Waals surface area (Å²) < 4.78 is 1.38. The van der Waals surface area contributed by atoms with Gasteiger partial charge < -0.3 is 10.9 Å². The van der Waals surface area contributed by atoms with Crippen molar-refractivity contribution in [1.29, 1.82) is 0 Å². The highest BCUT2D eigenvalue weighted by Gasteiger charge is 2.10. The summed E-state index contributed by atoms with van der Waals surface area (Å²) in [6.07, 6.45) is 4.07. The Balaban J connectivity index is 2.51. The first kappa shape index (κ1) is 12.8. The number of nitrogens with two attached hydrogens (primary N) is 1. The van der Waals surface area contributed by atoms with Crippen molar-refractivity contribution in [3.8, 4) is 0 Å². The van der Waals surface area contributed by atoms with Gasteiger partial charge in [-0.2, -0.15) is 0 Å². The minimum Gasteiger partial charge on any atom is -0.481 e. The maximum absolute atomic E-state index is 10.4. The van der Waals surface area contributed by atoms with Crippen LogP contribution < -0.4 is 5.84 Å². The maximum atomic E-state index is 10.4. The van der Waals surface area contributed by atoms with Crippen LogP contribution in [0, 0.1) is 0 Å². The predicted molar refractivity (Wildman–Crippen MR) is 61.8 cm³/mol. The van der Waals surface area contributed by atoms with Crippen molar-refractivity contribution < 1.29 is 9.90 Å². The van der Waals surface area contributed by atoms with Crippen LogP contribution in [0.4, 0.5) is 0 Å². The highest BCUT2D eigenvalue weighted by Crippen LogP contribution is 2.15. The molecule has 1 aromatic heterocycles. The molecule has 0 aliphatic carbocycles. The second-order valence-corrected chi connectivity index (χ2v) is 4.35. The van der Waals surface area contributed by atoms with E-state index in [4.69, 9.17) is 10.9 Å². The lowest BCUT2D eigenvalue weighted by atomic mass is 10.2. The first-order valence-electron chi connectivity index (χ1n) is 5.19. The summed E-state index contributed by atoms with van der Waals surface area (Å²) in [7, 11) is 0. The van der Waals surface area contributed by atoms with Crippen LogP contribution in [0.15, 0.2) is 5.16 Å². The third-order valence-corrected chi connectivity index (χ3v) is 2.99. The van der Waals surface area contributed by atoms with E-state index in [0.717, 1.165) is 37.4 Å². The van der Waals surface area contributed by atoms with Crippen LogP contribution in [0.2, 0.25) is 0 Å². The van der Waals surface area contributed by atoms with Crippen molar-refractivity contribution in [3.63, 3.8) is 0 Å². The number of nitrogen functional groups attached to an aromatic ring is 1. The van der Waals surface area contributed by atoms with E-state index in [9.17, 15) is 4.79 Å². The zero-order valence-corrected chi connectivity index (χ0v) is 10.0. The van der Waals surface area contributed by atoms with Crippen LogP contribution in [-0.2, 0) is 11.2 Å². The smallest absolute Gasteiger partial charge is 0.313 e. The molecule has 0 unspecified atom stereocenters. The van der Waals surface area contributed by atoms with Crippen LogP contribution >= 0.6 is 11.8 Å². The SMILES string of the molecule is CCCCCc1nnc(SCC(=O)O)n1N. The highest BCUT2D eigenvalue weighted by molar-refractivity contribution is 7.99. The molecule has 0 aliphatic heterocycles. The number of hydrogen-bond acceptors (Lipinski definition) is 5. The van der Waals surface area contributed by atoms with E-state index in [-0.39, 0.29) is 5.75 Å². The van der Waals surface area contributed by atoms with Crippen molar-refractivity contribution in [2.24, 2.45) is 0 Å². The number of aromatic nitrogens is 3. The lowest BCUT2D eigenvalue weighted by Crippen LogP contribution is -2.14. The molecule has 0 atom stereocenters. The van der Waals surface area contributed by atoms with E-state index in [1.54, 1.807) is 0 Å². The van der Waals surface area contributed by atoms with Crippen LogP contribution in [0.3, 0.4) is 0 Å². The van der Waals surface area contributed by atoms with Gasteiger partial charge in [-0.1, -0.05) is 31.5 Å². The molecule has 0 amide bonds. The first-order valence-corrected chi connectivity index (χ1v) is 6.17. The molecule has 0 fully saturated rings. The molecule has 90 valence electrons. The third kappa shape index (κ3) is 3.73. The number of carboxylic acids is 1. The van der Waals surface area contributed by atoms with Gasteiger partial charge in [0, 0.05) is 6.42 Å². The Kier molecular flexibility index (Phi) is 5.10. The molecule has 0 radical (unpaired) electrons. The average molecular weight is 244 g/mol. The number of aliphatic carboxylic acids is 1. The number of hydrogen-bond donors (Lipinski definition) is 2. The molecule has 6 nitrogen and oxygen atoms in total. The van der Waals surface area contributed by atoms with Gasteiger partial charge in [0.05, 0.1) is 5.75 Å². The fourth-order valence-corrected chi connectivity index (χ4v) is 1.83. The van der Waals surface area contributed by atoms with Crippen LogP contribution in [0.5, 0.6) is 0 Å². The van der Waals surface area contributed by atoms with Gasteiger partial charge >= 0.3 is 5.97 Å². The summed E-state index contributed by atoms with van der Waals surface area (Å²) in [5.41, 5.74) is 0. The predicted octanol–water partition coefficient (Wildman–Crippen LogP) is 0.901. The van der Waals surface area contributed by atoms with Gasteiger partial charge in [0.25, 0.3) is 0 Å². The molecule has 1 heterocycles. The molecule has 1 rings (SSSR count). The second-order valence-electron chi connectivity index (χ2n) is 3.41. The Hall–Kier alpha value is -1.24. The molecule has 0 bridgehead atoms. The minimum absolute atomic E-state index is 0.0513. The normalized spacial score (nSPS) is 10.6. The Morgan fingerprint density at radius 2 is 2.25 bits per heavy atom. The van der Waals surface area contributed by atoms with E-state index in [0.29, 0.717) is 11.0 Å². The van der Waals surface area contributed by atoms with Gasteiger partial charge in [0.15, 0.2) is 5.82 Å². The molecule has 1 aromatic rings. The molecule has 0 saturated carbocycles. The van der Waals surface area contributed by atoms with E-state index in [1.807, 2.05) is 0 Å². The lowest BCUT2D eigenvalue weighted by Gasteiger charge is -2.01. The number of nitrogens with zero attached hydrogens (tertiary/aromatic N) is 3. The molecular weight excluding hydrogens is 228 g/mol. The van der Waals surface area contributed by atoms with Gasteiger partial charge in [-0.25, -0.2) is 4.68 Å². The molecule has 0 spiro atoms. The Morgan fingerprint density at radius 3 is 2.88 bits per heavy atom. The van der Waals surface area contributed by atoms with E-state index >= 15 is 0 Å². The fourth-order valence-electron chi connectivity index (χ4n) is 1.24. The largest absolute Gasteiger partial charge is 0.481 e. The Morgan fingerprint density at radius 1 is 1.50 bits per heavy atom. The first-order chi connectivity index (χ1) is 7.65. The monoisotopic (exact) mass is 244 g/mol. The highest BCUT2D eigenvalue weighted by atomic mass is 32.2. The zero-order chi connectivity index (χ0) is 12.0. The van der Waals surface area contributed by atoms with Gasteiger partial charge in [0.2, 0.25) is 5.16 Å². The van der Waals surface area contributed by atoms with Gasteiger partial charge in [-0.3, -0.25) is 4.79 Å². The van der Waals surface area contributed by atoms with Gasteiger partial charge in [0.1, 0.15) is 0 Å². The third-order valence-electron chi connectivity index (χ3n) is 2.06. The van der Waals surface area contributed by atoms with Crippen molar-refractivity contribution in [3.05, 3.63) is 5.82 Å². The standard InChI is InChI=1S/C9H16N4O2S/c1-2-3-4-5-7-11-12-9(13(7)10)16-6-8(14)15/h2-6,10H2,1H3,(H,14,15). The molecule has 0 aliphatic rings.